The Hall–Kier alpha value is -2.92. The smallest absolute Gasteiger partial charge is 0.330 e. The van der Waals surface area contributed by atoms with Crippen molar-refractivity contribution >= 4 is 27.4 Å². The second-order valence-electron chi connectivity index (χ2n) is 8.11. The van der Waals surface area contributed by atoms with E-state index in [1.807, 2.05) is 13.8 Å². The molecule has 11 heteroatoms. The van der Waals surface area contributed by atoms with E-state index in [4.69, 9.17) is 5.73 Å². The third-order valence-electron chi connectivity index (χ3n) is 4.98. The topological polar surface area (TPSA) is 147 Å². The van der Waals surface area contributed by atoms with E-state index < -0.39 is 27.2 Å². The van der Waals surface area contributed by atoms with E-state index in [0.29, 0.717) is 19.4 Å². The summed E-state index contributed by atoms with van der Waals surface area (Å²) in [4.78, 5) is 41.9. The van der Waals surface area contributed by atoms with Crippen LogP contribution in [0.1, 0.15) is 63.7 Å². The standard InChI is InChI=1S/C22H33N5O5S/c1-5-7-12-26(18-19(23)27(13-8-6-2)22(30)24-20(18)28)21(29)16-10-9-11-17(14-16)33(31,32)25-15(3)4/h9-11,14-15,25H,5-8,12-13,23H2,1-4H3,(H,24,28,30). The zero-order valence-electron chi connectivity index (χ0n) is 19.6. The van der Waals surface area contributed by atoms with Crippen LogP contribution in [-0.4, -0.2) is 36.5 Å². The second-order valence-corrected chi connectivity index (χ2v) is 9.83. The monoisotopic (exact) mass is 479 g/mol. The molecule has 0 aliphatic carbocycles. The molecule has 0 saturated carbocycles. The number of benzene rings is 1. The summed E-state index contributed by atoms with van der Waals surface area (Å²) in [6.07, 6.45) is 2.79. The number of nitrogens with one attached hydrogen (secondary N) is 2. The van der Waals surface area contributed by atoms with Gasteiger partial charge in [0.05, 0.1) is 4.90 Å². The van der Waals surface area contributed by atoms with Crippen molar-refractivity contribution in [1.29, 1.82) is 0 Å². The van der Waals surface area contributed by atoms with Gasteiger partial charge in [0.15, 0.2) is 5.69 Å². The number of aromatic amines is 1. The van der Waals surface area contributed by atoms with Crippen LogP contribution in [0.15, 0.2) is 38.8 Å². The van der Waals surface area contributed by atoms with Gasteiger partial charge in [-0.25, -0.2) is 17.9 Å². The van der Waals surface area contributed by atoms with Gasteiger partial charge in [0.2, 0.25) is 10.0 Å². The van der Waals surface area contributed by atoms with Crippen molar-refractivity contribution in [2.75, 3.05) is 17.2 Å². The maximum absolute atomic E-state index is 13.5. The fourth-order valence-corrected chi connectivity index (χ4v) is 4.63. The Bertz CT molecular complexity index is 1200. The first kappa shape index (κ1) is 26.3. The number of hydrogen-bond donors (Lipinski definition) is 3. The average molecular weight is 480 g/mol. The van der Waals surface area contributed by atoms with Gasteiger partial charge in [0.25, 0.3) is 11.5 Å². The van der Waals surface area contributed by atoms with Gasteiger partial charge in [-0.2, -0.15) is 0 Å². The average Bonchev–Trinajstić information content (AvgIpc) is 2.74. The minimum Gasteiger partial charge on any atom is -0.383 e. The number of carbonyl (C=O) groups is 1. The van der Waals surface area contributed by atoms with Crippen LogP contribution in [0.25, 0.3) is 0 Å². The quantitative estimate of drug-likeness (QED) is 0.449. The van der Waals surface area contributed by atoms with Crippen LogP contribution in [-0.2, 0) is 16.6 Å². The van der Waals surface area contributed by atoms with E-state index in [-0.39, 0.29) is 34.6 Å². The van der Waals surface area contributed by atoms with E-state index in [1.54, 1.807) is 13.8 Å². The zero-order valence-corrected chi connectivity index (χ0v) is 20.4. The van der Waals surface area contributed by atoms with Gasteiger partial charge < -0.3 is 10.6 Å². The third kappa shape index (κ3) is 6.32. The Balaban J connectivity index is 2.59. The number of nitrogen functional groups attached to an aromatic ring is 1. The van der Waals surface area contributed by atoms with Crippen LogP contribution in [0.4, 0.5) is 11.5 Å². The SMILES string of the molecule is CCCCN(C(=O)c1cccc(S(=O)(=O)NC(C)C)c1)c1c(N)n(CCCC)c(=O)[nH]c1=O. The van der Waals surface area contributed by atoms with Gasteiger partial charge in [-0.15, -0.1) is 0 Å². The lowest BCUT2D eigenvalue weighted by atomic mass is 10.1. The highest BCUT2D eigenvalue weighted by Crippen LogP contribution is 2.22. The largest absolute Gasteiger partial charge is 0.383 e. The predicted octanol–water partition coefficient (Wildman–Crippen LogP) is 2.05. The Kier molecular flexibility index (Phi) is 9.00. The first-order chi connectivity index (χ1) is 15.5. The molecule has 1 aromatic carbocycles. The van der Waals surface area contributed by atoms with Crippen molar-refractivity contribution in [2.45, 2.75) is 70.9 Å². The van der Waals surface area contributed by atoms with Crippen LogP contribution in [0.2, 0.25) is 0 Å². The number of nitrogens with two attached hydrogens (primary N) is 1. The molecule has 33 heavy (non-hydrogen) atoms. The number of carbonyl (C=O) groups excluding carboxylic acids is 1. The summed E-state index contributed by atoms with van der Waals surface area (Å²) in [7, 11) is -3.82. The van der Waals surface area contributed by atoms with Crippen molar-refractivity contribution < 1.29 is 13.2 Å². The number of anilines is 2. The minimum atomic E-state index is -3.82. The van der Waals surface area contributed by atoms with Gasteiger partial charge in [0.1, 0.15) is 5.82 Å². The molecule has 0 spiro atoms. The van der Waals surface area contributed by atoms with Gasteiger partial charge in [0, 0.05) is 24.7 Å². The lowest BCUT2D eigenvalue weighted by Crippen LogP contribution is -2.41. The van der Waals surface area contributed by atoms with E-state index in [2.05, 4.69) is 9.71 Å². The molecule has 1 amide bonds. The van der Waals surface area contributed by atoms with Crippen molar-refractivity contribution in [3.8, 4) is 0 Å². The molecule has 4 N–H and O–H groups in total. The molecule has 2 rings (SSSR count). The minimum absolute atomic E-state index is 0.0627. The Labute approximate surface area is 193 Å². The van der Waals surface area contributed by atoms with Crippen LogP contribution >= 0.6 is 0 Å². The zero-order chi connectivity index (χ0) is 24.8. The normalized spacial score (nSPS) is 11.7. The molecule has 0 radical (unpaired) electrons. The summed E-state index contributed by atoms with van der Waals surface area (Å²) in [6.45, 7) is 7.76. The molecule has 1 heterocycles. The van der Waals surface area contributed by atoms with Crippen molar-refractivity contribution in [3.05, 3.63) is 50.7 Å². The van der Waals surface area contributed by atoms with Gasteiger partial charge in [-0.3, -0.25) is 19.1 Å². The Morgan fingerprint density at radius 3 is 2.45 bits per heavy atom. The van der Waals surface area contributed by atoms with Gasteiger partial charge >= 0.3 is 5.69 Å². The number of H-pyrrole nitrogens is 1. The molecule has 182 valence electrons. The first-order valence-electron chi connectivity index (χ1n) is 11.1. The lowest BCUT2D eigenvalue weighted by molar-refractivity contribution is 0.0986. The number of nitrogens with zero attached hydrogens (tertiary/aromatic N) is 2. The maximum Gasteiger partial charge on any atom is 0.330 e. The fraction of sp³-hybridized carbons (Fsp3) is 0.500. The van der Waals surface area contributed by atoms with Crippen molar-refractivity contribution in [3.63, 3.8) is 0 Å². The molecule has 0 saturated heterocycles. The summed E-state index contributed by atoms with van der Waals surface area (Å²) in [5.74, 6) is -0.671. The molecule has 0 fully saturated rings. The summed E-state index contributed by atoms with van der Waals surface area (Å²) in [5, 5.41) is 0. The molecule has 0 atom stereocenters. The second kappa shape index (κ2) is 11.3. The molecule has 0 bridgehead atoms. The van der Waals surface area contributed by atoms with E-state index >= 15 is 0 Å². The number of sulfonamides is 1. The number of unbranched alkanes of at least 4 members (excludes halogenated alkanes) is 2. The first-order valence-corrected chi connectivity index (χ1v) is 12.6. The van der Waals surface area contributed by atoms with Crippen LogP contribution in [0, 0.1) is 0 Å². The summed E-state index contributed by atoms with van der Waals surface area (Å²) in [6, 6.07) is 5.29. The van der Waals surface area contributed by atoms with Crippen molar-refractivity contribution in [2.24, 2.45) is 0 Å². The molecule has 10 nitrogen and oxygen atoms in total. The molecule has 2 aromatic rings. The molecular formula is C22H33N5O5S. The lowest BCUT2D eigenvalue weighted by Gasteiger charge is -2.24. The number of rotatable bonds is 11. The molecule has 0 aliphatic heterocycles. The Morgan fingerprint density at radius 2 is 1.85 bits per heavy atom. The van der Waals surface area contributed by atoms with Gasteiger partial charge in [-0.1, -0.05) is 32.8 Å². The fourth-order valence-electron chi connectivity index (χ4n) is 3.34. The highest BCUT2D eigenvalue weighted by atomic mass is 32.2. The van der Waals surface area contributed by atoms with Gasteiger partial charge in [-0.05, 0) is 44.9 Å². The molecule has 1 aromatic heterocycles. The number of aromatic nitrogens is 2. The third-order valence-corrected chi connectivity index (χ3v) is 6.64. The molecule has 0 unspecified atom stereocenters. The van der Waals surface area contributed by atoms with E-state index in [1.165, 1.54) is 33.7 Å². The highest BCUT2D eigenvalue weighted by molar-refractivity contribution is 7.89. The van der Waals surface area contributed by atoms with Crippen LogP contribution in [0.5, 0.6) is 0 Å². The summed E-state index contributed by atoms with van der Waals surface area (Å²) in [5.41, 5.74) is 4.79. The van der Waals surface area contributed by atoms with Crippen molar-refractivity contribution in [1.82, 2.24) is 14.3 Å². The maximum atomic E-state index is 13.5. The van der Waals surface area contributed by atoms with Crippen LogP contribution in [0.3, 0.4) is 0 Å². The number of amides is 1. The van der Waals surface area contributed by atoms with Crippen LogP contribution < -0.4 is 26.6 Å². The Morgan fingerprint density at radius 1 is 1.18 bits per heavy atom. The molecule has 0 aliphatic rings. The number of hydrogen-bond acceptors (Lipinski definition) is 6. The summed E-state index contributed by atoms with van der Waals surface area (Å²) >= 11 is 0. The summed E-state index contributed by atoms with van der Waals surface area (Å²) < 4.78 is 28.9. The van der Waals surface area contributed by atoms with E-state index in [9.17, 15) is 22.8 Å². The predicted molar refractivity (Wildman–Crippen MR) is 129 cm³/mol. The highest BCUT2D eigenvalue weighted by Gasteiger charge is 2.26. The van der Waals surface area contributed by atoms with E-state index in [0.717, 1.165) is 12.8 Å². The molecular weight excluding hydrogens is 446 g/mol.